The van der Waals surface area contributed by atoms with Crippen LogP contribution in [-0.4, -0.2) is 107 Å². The Bertz CT molecular complexity index is 1100. The average Bonchev–Trinajstić information content (AvgIpc) is 3.44. The summed E-state index contributed by atoms with van der Waals surface area (Å²) in [7, 11) is 2.03. The molecule has 0 aromatic carbocycles. The van der Waals surface area contributed by atoms with Crippen molar-refractivity contribution in [2.45, 2.75) is 76.9 Å². The summed E-state index contributed by atoms with van der Waals surface area (Å²) in [4.78, 5) is 47.9. The van der Waals surface area contributed by atoms with Gasteiger partial charge in [-0.2, -0.15) is 5.10 Å². The molecule has 1 amide bonds. The van der Waals surface area contributed by atoms with Crippen molar-refractivity contribution in [3.63, 3.8) is 0 Å². The van der Waals surface area contributed by atoms with Gasteiger partial charge in [0.1, 0.15) is 5.92 Å². The second-order valence-corrected chi connectivity index (χ2v) is 12.6. The first kappa shape index (κ1) is 31.3. The number of nitrogens with zero attached hydrogens (tertiary/aromatic N) is 4. The third-order valence-corrected chi connectivity index (χ3v) is 8.75. The van der Waals surface area contributed by atoms with Gasteiger partial charge in [-0.15, -0.1) is 0 Å². The van der Waals surface area contributed by atoms with E-state index in [0.29, 0.717) is 17.4 Å². The summed E-state index contributed by atoms with van der Waals surface area (Å²) in [6.45, 7) is 8.07. The molecule has 0 bridgehead atoms. The lowest BCUT2D eigenvalue weighted by Gasteiger charge is -2.51. The number of aliphatic carboxylic acids is 3. The van der Waals surface area contributed by atoms with Gasteiger partial charge in [-0.05, 0) is 62.1 Å². The Balaban J connectivity index is 0.000000234. The second-order valence-electron chi connectivity index (χ2n) is 12.6. The summed E-state index contributed by atoms with van der Waals surface area (Å²) in [5.74, 6) is -6.08. The van der Waals surface area contributed by atoms with Gasteiger partial charge >= 0.3 is 24.0 Å². The van der Waals surface area contributed by atoms with Gasteiger partial charge in [0, 0.05) is 44.0 Å². The zero-order valence-electron chi connectivity index (χ0n) is 23.6. The van der Waals surface area contributed by atoms with Crippen molar-refractivity contribution in [3.05, 3.63) is 18.0 Å². The van der Waals surface area contributed by atoms with Crippen LogP contribution in [0.15, 0.2) is 12.3 Å². The summed E-state index contributed by atoms with van der Waals surface area (Å²) in [5.41, 5.74) is -2.28. The monoisotopic (exact) mass is 566 g/mol. The van der Waals surface area contributed by atoms with Crippen LogP contribution in [0.25, 0.3) is 0 Å². The maximum Gasteiger partial charge on any atom is 0.407 e. The normalized spacial score (nSPS) is 25.8. The Kier molecular flexibility index (Phi) is 9.19. The Morgan fingerprint density at radius 1 is 1.05 bits per heavy atom. The molecule has 5 N–H and O–H groups in total. The molecule has 3 fully saturated rings. The van der Waals surface area contributed by atoms with Crippen molar-refractivity contribution >= 4 is 24.0 Å². The minimum absolute atomic E-state index is 0.294. The smallest absolute Gasteiger partial charge is 0.407 e. The van der Waals surface area contributed by atoms with E-state index in [1.54, 1.807) is 4.90 Å². The minimum Gasteiger partial charge on any atom is -0.481 e. The van der Waals surface area contributed by atoms with E-state index in [4.69, 9.17) is 20.4 Å². The van der Waals surface area contributed by atoms with Crippen LogP contribution in [0.2, 0.25) is 0 Å². The Labute approximate surface area is 233 Å². The number of carboxylic acids is 3. The molecule has 40 heavy (non-hydrogen) atoms. The van der Waals surface area contributed by atoms with E-state index < -0.39 is 47.4 Å². The van der Waals surface area contributed by atoms with Gasteiger partial charge in [0.05, 0.1) is 6.42 Å². The standard InChI is InChI=1S/C17H26N4O2.C10H16O7/c1-19-15(2-6-18-19)13-3-7-20(8-4-13)14-10-17(11-14)5-9-21(12-17)16(22)23;1-9(2,3)6(7(13)14)10(17,8(15)16)4-5(11)12/h2,6,13-14H,3-5,7-12H2,1H3,(H,22,23);6,17H,4H2,1-3H3,(H,11,12)(H,13,14)(H,15,16). The molecule has 1 spiro atoms. The Hall–Kier alpha value is -3.19. The first-order valence-electron chi connectivity index (χ1n) is 13.6. The van der Waals surface area contributed by atoms with Crippen LogP contribution in [0.3, 0.4) is 0 Å². The molecule has 2 unspecified atom stereocenters. The molecular weight excluding hydrogens is 524 g/mol. The third-order valence-electron chi connectivity index (χ3n) is 8.75. The molecule has 2 atom stereocenters. The average molecular weight is 567 g/mol. The van der Waals surface area contributed by atoms with Crippen LogP contribution in [0.1, 0.15) is 70.9 Å². The summed E-state index contributed by atoms with van der Waals surface area (Å²) in [6, 6.07) is 2.83. The maximum atomic E-state index is 11.1. The van der Waals surface area contributed by atoms with Crippen LogP contribution >= 0.6 is 0 Å². The first-order chi connectivity index (χ1) is 18.5. The topological polar surface area (TPSA) is 194 Å². The van der Waals surface area contributed by atoms with Gasteiger partial charge in [0.25, 0.3) is 0 Å². The predicted octanol–water partition coefficient (Wildman–Crippen LogP) is 2.16. The van der Waals surface area contributed by atoms with Crippen LogP contribution in [0, 0.1) is 16.7 Å². The van der Waals surface area contributed by atoms with Crippen molar-refractivity contribution < 1.29 is 44.7 Å². The molecule has 1 aliphatic carbocycles. The molecule has 2 aliphatic heterocycles. The van der Waals surface area contributed by atoms with E-state index in [-0.39, 0.29) is 0 Å². The number of likely N-dealkylation sites (tertiary alicyclic amines) is 2. The SMILES string of the molecule is CC(C)(C)C(C(=O)O)C(O)(CC(=O)O)C(=O)O.Cn1nccc1C1CCN(C2CC3(CCN(C(=O)O)C3)C2)CC1. The first-order valence-corrected chi connectivity index (χ1v) is 13.6. The van der Waals surface area contributed by atoms with Crippen LogP contribution in [0.4, 0.5) is 4.79 Å². The van der Waals surface area contributed by atoms with Crippen molar-refractivity contribution in [3.8, 4) is 0 Å². The molecule has 1 saturated carbocycles. The number of aryl methyl sites for hydroxylation is 1. The van der Waals surface area contributed by atoms with Gasteiger partial charge in [-0.25, -0.2) is 9.59 Å². The molecule has 2 saturated heterocycles. The lowest BCUT2D eigenvalue weighted by molar-refractivity contribution is -0.186. The minimum atomic E-state index is -2.84. The molecule has 13 heteroatoms. The van der Waals surface area contributed by atoms with Gasteiger partial charge in [0.15, 0.2) is 5.60 Å². The Morgan fingerprint density at radius 3 is 2.05 bits per heavy atom. The molecule has 13 nitrogen and oxygen atoms in total. The van der Waals surface area contributed by atoms with Gasteiger partial charge in [-0.3, -0.25) is 14.3 Å². The van der Waals surface area contributed by atoms with Crippen molar-refractivity contribution in [2.75, 3.05) is 26.2 Å². The number of piperidine rings is 1. The molecule has 224 valence electrons. The fourth-order valence-corrected chi connectivity index (χ4v) is 6.80. The van der Waals surface area contributed by atoms with E-state index in [0.717, 1.165) is 19.5 Å². The van der Waals surface area contributed by atoms with E-state index in [1.807, 2.05) is 17.9 Å². The van der Waals surface area contributed by atoms with Gasteiger partial charge in [0.2, 0.25) is 0 Å². The van der Waals surface area contributed by atoms with Crippen LogP contribution in [-0.2, 0) is 21.4 Å². The fraction of sp³-hybridized carbons (Fsp3) is 0.741. The summed E-state index contributed by atoms with van der Waals surface area (Å²) in [5, 5.41) is 49.7. The van der Waals surface area contributed by atoms with Crippen molar-refractivity contribution in [2.24, 2.45) is 23.8 Å². The second kappa shape index (κ2) is 11.7. The Morgan fingerprint density at radius 2 is 1.65 bits per heavy atom. The molecule has 4 rings (SSSR count). The molecule has 3 aliphatic rings. The number of hydrogen-bond acceptors (Lipinski definition) is 7. The van der Waals surface area contributed by atoms with E-state index >= 15 is 0 Å². The zero-order chi connectivity index (χ0) is 30.0. The zero-order valence-corrected chi connectivity index (χ0v) is 23.6. The highest BCUT2D eigenvalue weighted by atomic mass is 16.4. The van der Waals surface area contributed by atoms with Crippen molar-refractivity contribution in [1.82, 2.24) is 19.6 Å². The lowest BCUT2D eigenvalue weighted by Crippen LogP contribution is -2.55. The number of carboxylic acid groups (broad SMARTS) is 4. The lowest BCUT2D eigenvalue weighted by atomic mass is 9.64. The largest absolute Gasteiger partial charge is 0.481 e. The molecule has 3 heterocycles. The highest BCUT2D eigenvalue weighted by Crippen LogP contribution is 2.50. The number of carbonyl (C=O) groups is 4. The molecule has 1 aromatic rings. The molecule has 0 radical (unpaired) electrons. The van der Waals surface area contributed by atoms with Crippen molar-refractivity contribution in [1.29, 1.82) is 0 Å². The summed E-state index contributed by atoms with van der Waals surface area (Å²) >= 11 is 0. The van der Waals surface area contributed by atoms with Gasteiger partial charge < -0.3 is 35.3 Å². The van der Waals surface area contributed by atoms with Gasteiger partial charge in [-0.1, -0.05) is 20.8 Å². The quantitative estimate of drug-likeness (QED) is 0.325. The van der Waals surface area contributed by atoms with Crippen LogP contribution in [0.5, 0.6) is 0 Å². The van der Waals surface area contributed by atoms with E-state index in [2.05, 4.69) is 16.1 Å². The number of hydrogen-bond donors (Lipinski definition) is 5. The molecular formula is C27H42N4O9. The highest BCUT2D eigenvalue weighted by molar-refractivity contribution is 5.90. The maximum absolute atomic E-state index is 11.1. The van der Waals surface area contributed by atoms with Crippen LogP contribution < -0.4 is 0 Å². The van der Waals surface area contributed by atoms with E-state index in [1.165, 1.54) is 65.2 Å². The number of aromatic nitrogens is 2. The number of rotatable bonds is 7. The number of amides is 1. The fourth-order valence-electron chi connectivity index (χ4n) is 6.80. The third kappa shape index (κ3) is 6.74. The number of aliphatic hydroxyl groups is 1. The van der Waals surface area contributed by atoms with E-state index in [9.17, 15) is 24.3 Å². The highest BCUT2D eigenvalue weighted by Gasteiger charge is 2.55. The summed E-state index contributed by atoms with van der Waals surface area (Å²) in [6.07, 6.45) is 5.83. The molecule has 1 aromatic heterocycles. The predicted molar refractivity (Wildman–Crippen MR) is 142 cm³/mol. The summed E-state index contributed by atoms with van der Waals surface area (Å²) < 4.78 is 2.01.